The molecule has 1 saturated heterocycles. The summed E-state index contributed by atoms with van der Waals surface area (Å²) >= 11 is 5.35. The maximum Gasteiger partial charge on any atom is 0.308 e. The van der Waals surface area contributed by atoms with Gasteiger partial charge in [-0.1, -0.05) is 51.2 Å². The number of halogens is 1. The van der Waals surface area contributed by atoms with E-state index in [0.29, 0.717) is 26.8 Å². The lowest BCUT2D eigenvalue weighted by Gasteiger charge is -2.30. The molecule has 2 aliphatic heterocycles. The molecule has 3 aromatic carbocycles. The van der Waals surface area contributed by atoms with Gasteiger partial charge in [0.25, 0.3) is 0 Å². The first kappa shape index (κ1) is 29.3. The zero-order valence-electron chi connectivity index (χ0n) is 21.8. The van der Waals surface area contributed by atoms with Crippen molar-refractivity contribution in [2.75, 3.05) is 10.2 Å². The first-order chi connectivity index (χ1) is 20.4. The smallest absolute Gasteiger partial charge is 0.308 e. The number of phenols is 1. The van der Waals surface area contributed by atoms with Crippen LogP contribution in [0.15, 0.2) is 92.0 Å². The third-order valence-corrected chi connectivity index (χ3v) is 11.2. The molecule has 0 bridgehead atoms. The van der Waals surface area contributed by atoms with Crippen LogP contribution in [0.2, 0.25) is 0 Å². The average Bonchev–Trinajstić information content (AvgIpc) is 3.40. The summed E-state index contributed by atoms with van der Waals surface area (Å²) in [5, 5.41) is 17.2. The van der Waals surface area contributed by atoms with Crippen molar-refractivity contribution in [2.24, 2.45) is 11.1 Å². The van der Waals surface area contributed by atoms with Crippen molar-refractivity contribution in [1.82, 2.24) is 4.57 Å². The summed E-state index contributed by atoms with van der Waals surface area (Å²) in [6, 6.07) is 18.3. The minimum Gasteiger partial charge on any atom is -0.508 e. The Morgan fingerprint density at radius 2 is 1.60 bits per heavy atom. The fourth-order valence-electron chi connectivity index (χ4n) is 5.21. The van der Waals surface area contributed by atoms with Gasteiger partial charge >= 0.3 is 4.87 Å². The summed E-state index contributed by atoms with van der Waals surface area (Å²) in [5.41, 5.74) is 1.36. The van der Waals surface area contributed by atoms with Crippen LogP contribution in [0, 0.1) is 5.92 Å². The molecule has 43 heavy (non-hydrogen) atoms. The number of fused-ring (bicyclic) bond motifs is 2. The van der Waals surface area contributed by atoms with E-state index in [4.69, 9.17) is 5.14 Å². The quantitative estimate of drug-likeness (QED) is 0.257. The lowest BCUT2D eigenvalue weighted by Crippen LogP contribution is -2.33. The Morgan fingerprint density at radius 3 is 2.23 bits per heavy atom. The number of carbonyl (C=O) groups excluding carboxylic acids is 3. The lowest BCUT2D eigenvalue weighted by atomic mass is 9.83. The fraction of sp³-hybridized carbons (Fsp3) is 0.143. The molecule has 4 aromatic rings. The van der Waals surface area contributed by atoms with Crippen LogP contribution in [0.3, 0.4) is 0 Å². The van der Waals surface area contributed by atoms with Crippen molar-refractivity contribution < 1.29 is 27.9 Å². The Bertz CT molecular complexity index is 1940. The first-order valence-corrected chi connectivity index (χ1v) is 16.7. The maximum absolute atomic E-state index is 13.9. The normalized spacial score (nSPS) is 19.7. The van der Waals surface area contributed by atoms with Crippen LogP contribution in [0.5, 0.6) is 5.75 Å². The predicted molar refractivity (Wildman–Crippen MR) is 165 cm³/mol. The second-order valence-corrected chi connectivity index (χ2v) is 14.5. The van der Waals surface area contributed by atoms with Crippen molar-refractivity contribution >= 4 is 78.1 Å². The Labute approximate surface area is 261 Å². The molecule has 0 aliphatic carbocycles. The molecule has 11 nitrogen and oxygen atoms in total. The molecule has 1 aromatic heterocycles. The SMILES string of the molecule is NS(=O)(=O)c1ccc(NC(=O)Cn2c3c(sc2=O)[C@@H](c2ccc(O)cc2)C2C(=O)N(c4ccc(Br)cc4)C(=O)C2S3)cc1. The van der Waals surface area contributed by atoms with Gasteiger partial charge in [-0.25, -0.2) is 18.5 Å². The number of hydrogen-bond acceptors (Lipinski definition) is 9. The molecule has 2 unspecified atom stereocenters. The summed E-state index contributed by atoms with van der Waals surface area (Å²) in [7, 11) is -3.91. The zero-order chi connectivity index (χ0) is 30.6. The number of aromatic hydroxyl groups is 1. The van der Waals surface area contributed by atoms with E-state index in [-0.39, 0.29) is 17.2 Å². The van der Waals surface area contributed by atoms with E-state index in [2.05, 4.69) is 21.2 Å². The van der Waals surface area contributed by atoms with E-state index in [1.807, 2.05) is 0 Å². The van der Waals surface area contributed by atoms with Crippen molar-refractivity contribution in [3.8, 4) is 5.75 Å². The van der Waals surface area contributed by atoms with Crippen molar-refractivity contribution in [3.63, 3.8) is 0 Å². The number of sulfonamides is 1. The number of amides is 3. The Kier molecular flexibility index (Phi) is 7.54. The number of benzene rings is 3. The average molecular weight is 702 g/mol. The van der Waals surface area contributed by atoms with Crippen LogP contribution in [-0.4, -0.2) is 41.1 Å². The highest BCUT2D eigenvalue weighted by atomic mass is 79.9. The lowest BCUT2D eigenvalue weighted by molar-refractivity contribution is -0.122. The molecule has 2 aliphatic rings. The van der Waals surface area contributed by atoms with Gasteiger partial charge < -0.3 is 10.4 Å². The van der Waals surface area contributed by atoms with E-state index in [9.17, 15) is 32.7 Å². The minimum atomic E-state index is -3.91. The summed E-state index contributed by atoms with van der Waals surface area (Å²) in [6.45, 7) is -0.382. The predicted octanol–water partition coefficient (Wildman–Crippen LogP) is 3.46. The molecule has 3 heterocycles. The number of phenolic OH excluding ortho intramolecular Hbond substituents is 1. The van der Waals surface area contributed by atoms with Crippen molar-refractivity contribution in [3.05, 3.63) is 97.4 Å². The van der Waals surface area contributed by atoms with Gasteiger partial charge in [0.2, 0.25) is 27.7 Å². The number of primary sulfonamides is 1. The minimum absolute atomic E-state index is 0.0237. The topological polar surface area (TPSA) is 169 Å². The molecule has 6 rings (SSSR count). The van der Waals surface area contributed by atoms with Gasteiger partial charge in [0.05, 0.1) is 21.5 Å². The summed E-state index contributed by atoms with van der Waals surface area (Å²) in [4.78, 5) is 55.1. The number of rotatable bonds is 6. The largest absolute Gasteiger partial charge is 0.508 e. The van der Waals surface area contributed by atoms with Crippen LogP contribution in [0.25, 0.3) is 0 Å². The molecule has 1 fully saturated rings. The monoisotopic (exact) mass is 700 g/mol. The van der Waals surface area contributed by atoms with Gasteiger partial charge in [0.1, 0.15) is 17.5 Å². The number of thioether (sulfide) groups is 1. The molecule has 220 valence electrons. The Balaban J connectivity index is 1.36. The molecular weight excluding hydrogens is 680 g/mol. The van der Waals surface area contributed by atoms with Crippen LogP contribution in [-0.2, 0) is 31.0 Å². The number of nitrogens with zero attached hydrogens (tertiary/aromatic N) is 2. The maximum atomic E-state index is 13.9. The molecule has 15 heteroatoms. The number of anilines is 2. The summed E-state index contributed by atoms with van der Waals surface area (Å²) in [5.74, 6) is -2.86. The van der Waals surface area contributed by atoms with Gasteiger partial charge in [-0.05, 0) is 66.2 Å². The van der Waals surface area contributed by atoms with Crippen LogP contribution in [0.1, 0.15) is 16.4 Å². The van der Waals surface area contributed by atoms with E-state index in [1.54, 1.807) is 36.4 Å². The van der Waals surface area contributed by atoms with Gasteiger partial charge in [0, 0.05) is 21.0 Å². The molecule has 3 amide bonds. The second kappa shape index (κ2) is 11.1. The fourth-order valence-corrected chi connectivity index (χ4v) is 8.77. The third-order valence-electron chi connectivity index (χ3n) is 7.15. The van der Waals surface area contributed by atoms with Crippen LogP contribution in [0.4, 0.5) is 11.4 Å². The van der Waals surface area contributed by atoms with Crippen LogP contribution < -0.4 is 20.2 Å². The van der Waals surface area contributed by atoms with Crippen LogP contribution >= 0.6 is 39.0 Å². The van der Waals surface area contributed by atoms with E-state index < -0.39 is 49.7 Å². The highest BCUT2D eigenvalue weighted by Gasteiger charge is 2.56. The zero-order valence-corrected chi connectivity index (χ0v) is 25.9. The number of nitrogens with two attached hydrogens (primary N) is 1. The molecule has 0 radical (unpaired) electrons. The Hall–Kier alpha value is -3.76. The standard InChI is InChI=1S/C28H21BrN4O7S3/c29-15-3-7-17(8-4-15)33-25(36)22-21(14-1-9-18(34)10-2-14)24-27(41-23(22)26(33)37)32(28(38)42-24)13-20(35)31-16-5-11-19(12-6-16)43(30,39)40/h1-12,21-23,34H,13H2,(H,31,35)(H2,30,39,40)/t21-,22?,23?/m0/s1. The third kappa shape index (κ3) is 5.42. The van der Waals surface area contributed by atoms with Gasteiger partial charge in [-0.3, -0.25) is 23.7 Å². The summed E-state index contributed by atoms with van der Waals surface area (Å²) < 4.78 is 25.1. The molecule has 3 atom stereocenters. The van der Waals surface area contributed by atoms with Gasteiger partial charge in [-0.15, -0.1) is 0 Å². The Morgan fingerprint density at radius 1 is 0.953 bits per heavy atom. The van der Waals surface area contributed by atoms with E-state index >= 15 is 0 Å². The molecule has 4 N–H and O–H groups in total. The molecule has 0 saturated carbocycles. The highest BCUT2D eigenvalue weighted by molar-refractivity contribution is 9.10. The van der Waals surface area contributed by atoms with Gasteiger partial charge in [-0.2, -0.15) is 0 Å². The molecule has 0 spiro atoms. The van der Waals surface area contributed by atoms with Crippen molar-refractivity contribution in [2.45, 2.75) is 27.6 Å². The number of imide groups is 1. The van der Waals surface area contributed by atoms with Crippen molar-refractivity contribution in [1.29, 1.82) is 0 Å². The first-order valence-electron chi connectivity index (χ1n) is 12.7. The number of thiazole rings is 1. The number of carbonyl (C=O) groups is 3. The van der Waals surface area contributed by atoms with Gasteiger partial charge in [0.15, 0.2) is 0 Å². The molecular formula is C28H21BrN4O7S3. The van der Waals surface area contributed by atoms with E-state index in [1.165, 1.54) is 45.9 Å². The number of hydrogen-bond donors (Lipinski definition) is 3. The van der Waals surface area contributed by atoms with E-state index in [0.717, 1.165) is 27.6 Å². The highest BCUT2D eigenvalue weighted by Crippen LogP contribution is 2.54. The number of nitrogens with one attached hydrogen (secondary N) is 1. The summed E-state index contributed by atoms with van der Waals surface area (Å²) in [6.07, 6.45) is 0. The number of aromatic nitrogens is 1. The second-order valence-electron chi connectivity index (χ2n) is 9.86.